The first-order valence-electron chi connectivity index (χ1n) is 5.47. The van der Waals surface area contributed by atoms with E-state index in [9.17, 15) is 4.79 Å². The molecular weight excluding hydrogens is 192 g/mol. The molecule has 1 rings (SSSR count). The fourth-order valence-corrected chi connectivity index (χ4v) is 1.53. The van der Waals surface area contributed by atoms with Gasteiger partial charge >= 0.3 is 6.09 Å². The molecular formula is C11H24N2O2. The summed E-state index contributed by atoms with van der Waals surface area (Å²) in [4.78, 5) is 13.4. The Morgan fingerprint density at radius 2 is 1.93 bits per heavy atom. The summed E-state index contributed by atoms with van der Waals surface area (Å²) in [5, 5.41) is 0. The second-order valence-electron chi connectivity index (χ2n) is 4.66. The van der Waals surface area contributed by atoms with Gasteiger partial charge in [-0.05, 0) is 47.6 Å². The Bertz CT molecular complexity index is 199. The molecule has 1 aliphatic heterocycles. The molecule has 2 N–H and O–H groups in total. The minimum absolute atomic E-state index is 0.169. The molecule has 1 fully saturated rings. The van der Waals surface area contributed by atoms with E-state index >= 15 is 0 Å². The average Bonchev–Trinajstić information content (AvgIpc) is 2.52. The van der Waals surface area contributed by atoms with E-state index in [-0.39, 0.29) is 11.7 Å². The maximum atomic E-state index is 11.6. The van der Waals surface area contributed by atoms with Crippen molar-refractivity contribution >= 4 is 6.09 Å². The highest BCUT2D eigenvalue weighted by Crippen LogP contribution is 2.19. The molecule has 4 heteroatoms. The quantitative estimate of drug-likeness (QED) is 0.673. The van der Waals surface area contributed by atoms with Gasteiger partial charge in [-0.2, -0.15) is 0 Å². The zero-order chi connectivity index (χ0) is 12.1. The van der Waals surface area contributed by atoms with E-state index in [2.05, 4.69) is 12.7 Å². The van der Waals surface area contributed by atoms with Crippen molar-refractivity contribution in [1.29, 1.82) is 0 Å². The van der Waals surface area contributed by atoms with Gasteiger partial charge in [0.2, 0.25) is 0 Å². The Balaban J connectivity index is 0.000000921. The Morgan fingerprint density at radius 3 is 2.27 bits per heavy atom. The SMILES string of the molecule is CN.C[C@@H]1CCCN1C(=O)OC(C)(C)C. The number of nitrogens with two attached hydrogens (primary N) is 1. The van der Waals surface area contributed by atoms with Crippen LogP contribution in [0.1, 0.15) is 40.5 Å². The Hall–Kier alpha value is -0.770. The first-order chi connectivity index (χ1) is 6.90. The number of nitrogens with zero attached hydrogens (tertiary/aromatic N) is 1. The fourth-order valence-electron chi connectivity index (χ4n) is 1.53. The molecule has 90 valence electrons. The number of rotatable bonds is 0. The summed E-state index contributed by atoms with van der Waals surface area (Å²) in [6.07, 6.45) is 2.03. The lowest BCUT2D eigenvalue weighted by atomic mass is 10.2. The van der Waals surface area contributed by atoms with Gasteiger partial charge < -0.3 is 15.4 Å². The Morgan fingerprint density at radius 1 is 1.40 bits per heavy atom. The molecule has 0 radical (unpaired) electrons. The lowest BCUT2D eigenvalue weighted by molar-refractivity contribution is 0.0239. The van der Waals surface area contributed by atoms with Gasteiger partial charge in [-0.25, -0.2) is 4.79 Å². The van der Waals surface area contributed by atoms with E-state index in [1.165, 1.54) is 7.05 Å². The van der Waals surface area contributed by atoms with Crippen LogP contribution in [-0.2, 0) is 4.74 Å². The number of amides is 1. The standard InChI is InChI=1S/C10H19NO2.CH5N/c1-8-6-5-7-11(8)9(12)13-10(2,3)4;1-2/h8H,5-7H2,1-4H3;2H2,1H3/t8-;/m1./s1. The van der Waals surface area contributed by atoms with Gasteiger partial charge in [-0.1, -0.05) is 0 Å². The normalized spacial score (nSPS) is 20.7. The smallest absolute Gasteiger partial charge is 0.410 e. The fraction of sp³-hybridized carbons (Fsp3) is 0.909. The zero-order valence-corrected chi connectivity index (χ0v) is 10.5. The van der Waals surface area contributed by atoms with Crippen LogP contribution in [0.15, 0.2) is 0 Å². The molecule has 1 aliphatic rings. The van der Waals surface area contributed by atoms with Crippen LogP contribution >= 0.6 is 0 Å². The third-order valence-corrected chi connectivity index (χ3v) is 2.18. The van der Waals surface area contributed by atoms with Crippen LogP contribution in [0.25, 0.3) is 0 Å². The van der Waals surface area contributed by atoms with Crippen LogP contribution in [0.4, 0.5) is 4.79 Å². The third kappa shape index (κ3) is 5.02. The second-order valence-corrected chi connectivity index (χ2v) is 4.66. The maximum absolute atomic E-state index is 11.6. The highest BCUT2D eigenvalue weighted by Gasteiger charge is 2.28. The van der Waals surface area contributed by atoms with Crippen molar-refractivity contribution in [2.24, 2.45) is 5.73 Å². The number of hydrogen-bond donors (Lipinski definition) is 1. The molecule has 0 aliphatic carbocycles. The third-order valence-electron chi connectivity index (χ3n) is 2.18. The first kappa shape index (κ1) is 14.2. The lowest BCUT2D eigenvalue weighted by Crippen LogP contribution is -2.38. The van der Waals surface area contributed by atoms with Crippen LogP contribution < -0.4 is 5.73 Å². The number of hydrogen-bond acceptors (Lipinski definition) is 3. The number of ether oxygens (including phenoxy) is 1. The summed E-state index contributed by atoms with van der Waals surface area (Å²) in [7, 11) is 1.50. The van der Waals surface area contributed by atoms with Gasteiger partial charge in [-0.3, -0.25) is 0 Å². The molecule has 1 amide bonds. The van der Waals surface area contributed by atoms with Gasteiger partial charge in [0.15, 0.2) is 0 Å². The van der Waals surface area contributed by atoms with Gasteiger partial charge in [0.05, 0.1) is 0 Å². The Kier molecular flexibility index (Phi) is 5.65. The van der Waals surface area contributed by atoms with Crippen molar-refractivity contribution in [2.45, 2.75) is 52.2 Å². The lowest BCUT2D eigenvalue weighted by Gasteiger charge is -2.26. The molecule has 0 aromatic rings. The van der Waals surface area contributed by atoms with Crippen molar-refractivity contribution in [2.75, 3.05) is 13.6 Å². The molecule has 0 bridgehead atoms. The van der Waals surface area contributed by atoms with Crippen molar-refractivity contribution in [1.82, 2.24) is 4.90 Å². The molecule has 1 saturated heterocycles. The largest absolute Gasteiger partial charge is 0.444 e. The predicted molar refractivity (Wildman–Crippen MR) is 61.7 cm³/mol. The molecule has 0 saturated carbocycles. The summed E-state index contributed by atoms with van der Waals surface area (Å²) in [5.41, 5.74) is 4.12. The molecule has 4 nitrogen and oxygen atoms in total. The number of likely N-dealkylation sites (tertiary alicyclic amines) is 1. The van der Waals surface area contributed by atoms with Crippen molar-refractivity contribution in [3.63, 3.8) is 0 Å². The molecule has 15 heavy (non-hydrogen) atoms. The van der Waals surface area contributed by atoms with E-state index in [1.807, 2.05) is 25.7 Å². The van der Waals surface area contributed by atoms with E-state index < -0.39 is 0 Å². The summed E-state index contributed by atoms with van der Waals surface area (Å²) in [6, 6.07) is 0.342. The predicted octanol–water partition coefficient (Wildman–Crippen LogP) is 1.98. The highest BCUT2D eigenvalue weighted by molar-refractivity contribution is 5.68. The van der Waals surface area contributed by atoms with Gasteiger partial charge in [-0.15, -0.1) is 0 Å². The van der Waals surface area contributed by atoms with Crippen LogP contribution in [0.2, 0.25) is 0 Å². The van der Waals surface area contributed by atoms with Gasteiger partial charge in [0, 0.05) is 12.6 Å². The molecule has 1 atom stereocenters. The number of carbonyl (C=O) groups excluding carboxylic acids is 1. The second kappa shape index (κ2) is 5.95. The monoisotopic (exact) mass is 216 g/mol. The van der Waals surface area contributed by atoms with E-state index in [1.54, 1.807) is 0 Å². The molecule has 0 spiro atoms. The van der Waals surface area contributed by atoms with Crippen LogP contribution in [0, 0.1) is 0 Å². The summed E-state index contributed by atoms with van der Waals surface area (Å²) in [5.74, 6) is 0. The Labute approximate surface area is 92.8 Å². The van der Waals surface area contributed by atoms with Crippen molar-refractivity contribution < 1.29 is 9.53 Å². The van der Waals surface area contributed by atoms with Gasteiger partial charge in [0.1, 0.15) is 5.60 Å². The summed E-state index contributed by atoms with van der Waals surface area (Å²) < 4.78 is 5.28. The first-order valence-corrected chi connectivity index (χ1v) is 5.47. The summed E-state index contributed by atoms with van der Waals surface area (Å²) in [6.45, 7) is 8.59. The zero-order valence-electron chi connectivity index (χ0n) is 10.5. The van der Waals surface area contributed by atoms with Gasteiger partial charge in [0.25, 0.3) is 0 Å². The van der Waals surface area contributed by atoms with E-state index in [0.717, 1.165) is 19.4 Å². The van der Waals surface area contributed by atoms with Crippen molar-refractivity contribution in [3.05, 3.63) is 0 Å². The van der Waals surface area contributed by atoms with Crippen LogP contribution in [-0.4, -0.2) is 36.2 Å². The molecule has 0 aromatic carbocycles. The minimum atomic E-state index is -0.376. The number of carbonyl (C=O) groups is 1. The van der Waals surface area contributed by atoms with E-state index in [0.29, 0.717) is 6.04 Å². The maximum Gasteiger partial charge on any atom is 0.410 e. The average molecular weight is 216 g/mol. The molecule has 0 unspecified atom stereocenters. The van der Waals surface area contributed by atoms with Crippen molar-refractivity contribution in [3.8, 4) is 0 Å². The minimum Gasteiger partial charge on any atom is -0.444 e. The van der Waals surface area contributed by atoms with Crippen LogP contribution in [0.3, 0.4) is 0 Å². The molecule has 1 heterocycles. The van der Waals surface area contributed by atoms with Crippen LogP contribution in [0.5, 0.6) is 0 Å². The highest BCUT2D eigenvalue weighted by atomic mass is 16.6. The topological polar surface area (TPSA) is 55.6 Å². The van der Waals surface area contributed by atoms with E-state index in [4.69, 9.17) is 4.74 Å². The summed E-state index contributed by atoms with van der Waals surface area (Å²) >= 11 is 0. The molecule has 0 aromatic heterocycles.